The molecule has 1 aromatic carbocycles. The van der Waals surface area contributed by atoms with Crippen LogP contribution in [0.15, 0.2) is 24.3 Å². The normalized spacial score (nSPS) is 11.7. The van der Waals surface area contributed by atoms with Crippen molar-refractivity contribution in [2.75, 3.05) is 19.1 Å². The van der Waals surface area contributed by atoms with Crippen LogP contribution in [-0.4, -0.2) is 42.1 Å². The van der Waals surface area contributed by atoms with E-state index in [0.29, 0.717) is 17.1 Å². The highest BCUT2D eigenvalue weighted by atomic mass is 32.2. The molecule has 1 atom stereocenters. The van der Waals surface area contributed by atoms with E-state index in [4.69, 9.17) is 9.84 Å². The number of carboxylic acids is 1. The second-order valence-electron chi connectivity index (χ2n) is 3.52. The third-order valence-corrected chi connectivity index (χ3v) is 2.96. The minimum Gasteiger partial charge on any atom is -0.496 e. The minimum atomic E-state index is -1.05. The summed E-state index contributed by atoms with van der Waals surface area (Å²) in [6.45, 7) is 0. The molecule has 1 rings (SSSR count). The van der Waals surface area contributed by atoms with Gasteiger partial charge in [0.25, 0.3) is 5.91 Å². The van der Waals surface area contributed by atoms with E-state index in [-0.39, 0.29) is 0 Å². The number of carbonyl (C=O) groups is 2. The number of benzene rings is 1. The molecule has 0 aliphatic rings. The summed E-state index contributed by atoms with van der Waals surface area (Å²) in [5, 5.41) is 11.4. The molecule has 0 unspecified atom stereocenters. The van der Waals surface area contributed by atoms with Crippen molar-refractivity contribution in [1.29, 1.82) is 0 Å². The molecule has 0 bridgehead atoms. The van der Waals surface area contributed by atoms with Crippen molar-refractivity contribution in [3.05, 3.63) is 29.8 Å². The maximum Gasteiger partial charge on any atom is 0.327 e. The van der Waals surface area contributed by atoms with Gasteiger partial charge in [-0.25, -0.2) is 4.79 Å². The van der Waals surface area contributed by atoms with E-state index in [1.54, 1.807) is 30.5 Å². The number of hydrogen-bond acceptors (Lipinski definition) is 4. The Balaban J connectivity index is 2.83. The summed E-state index contributed by atoms with van der Waals surface area (Å²) in [6, 6.07) is 5.77. The Labute approximate surface area is 110 Å². The number of hydrogen-bond donors (Lipinski definition) is 2. The molecule has 5 nitrogen and oxygen atoms in total. The Kier molecular flexibility index (Phi) is 5.51. The molecular weight excluding hydrogens is 254 g/mol. The standard InChI is InChI=1S/C12H15NO4S/c1-17-10-6-4-3-5-8(10)11(14)13-9(7-18-2)12(15)16/h3-6,9H,7H2,1-2H3,(H,13,14)(H,15,16)/t9-/m0/s1. The van der Waals surface area contributed by atoms with Gasteiger partial charge in [0.15, 0.2) is 0 Å². The largest absolute Gasteiger partial charge is 0.496 e. The van der Waals surface area contributed by atoms with E-state index in [9.17, 15) is 9.59 Å². The van der Waals surface area contributed by atoms with Crippen LogP contribution >= 0.6 is 11.8 Å². The van der Waals surface area contributed by atoms with Gasteiger partial charge < -0.3 is 15.2 Å². The van der Waals surface area contributed by atoms with Crippen LogP contribution < -0.4 is 10.1 Å². The highest BCUT2D eigenvalue weighted by molar-refractivity contribution is 7.98. The molecule has 0 heterocycles. The molecule has 98 valence electrons. The lowest BCUT2D eigenvalue weighted by molar-refractivity contribution is -0.138. The van der Waals surface area contributed by atoms with Crippen molar-refractivity contribution in [2.24, 2.45) is 0 Å². The predicted molar refractivity (Wildman–Crippen MR) is 70.3 cm³/mol. The molecule has 0 aliphatic heterocycles. The van der Waals surface area contributed by atoms with Gasteiger partial charge in [-0.1, -0.05) is 12.1 Å². The first-order valence-electron chi connectivity index (χ1n) is 5.25. The van der Waals surface area contributed by atoms with E-state index in [1.165, 1.54) is 18.9 Å². The van der Waals surface area contributed by atoms with Gasteiger partial charge in [0, 0.05) is 5.75 Å². The van der Waals surface area contributed by atoms with E-state index >= 15 is 0 Å². The monoisotopic (exact) mass is 269 g/mol. The summed E-state index contributed by atoms with van der Waals surface area (Å²) in [4.78, 5) is 22.9. The molecule has 0 spiro atoms. The van der Waals surface area contributed by atoms with Gasteiger partial charge in [-0.2, -0.15) is 11.8 Å². The first kappa shape index (κ1) is 14.4. The van der Waals surface area contributed by atoms with Gasteiger partial charge in [-0.05, 0) is 18.4 Å². The van der Waals surface area contributed by atoms with E-state index < -0.39 is 17.9 Å². The zero-order valence-corrected chi connectivity index (χ0v) is 11.0. The number of methoxy groups -OCH3 is 1. The molecule has 0 aromatic heterocycles. The average molecular weight is 269 g/mol. The van der Waals surface area contributed by atoms with Crippen molar-refractivity contribution >= 4 is 23.6 Å². The molecular formula is C12H15NO4S. The van der Waals surface area contributed by atoms with Crippen LogP contribution in [0, 0.1) is 0 Å². The molecule has 0 saturated carbocycles. The Morgan fingerprint density at radius 1 is 1.44 bits per heavy atom. The van der Waals surface area contributed by atoms with Crippen LogP contribution in [0.5, 0.6) is 5.75 Å². The van der Waals surface area contributed by atoms with E-state index in [2.05, 4.69) is 5.32 Å². The number of rotatable bonds is 6. The Morgan fingerprint density at radius 2 is 2.11 bits per heavy atom. The van der Waals surface area contributed by atoms with Crippen molar-refractivity contribution < 1.29 is 19.4 Å². The van der Waals surface area contributed by atoms with Gasteiger partial charge in [0.1, 0.15) is 11.8 Å². The van der Waals surface area contributed by atoms with Gasteiger partial charge in [-0.15, -0.1) is 0 Å². The number of carbonyl (C=O) groups excluding carboxylic acids is 1. The molecule has 1 aromatic rings. The van der Waals surface area contributed by atoms with Crippen LogP contribution in [0.4, 0.5) is 0 Å². The third-order valence-electron chi connectivity index (χ3n) is 2.29. The molecule has 0 aliphatic carbocycles. The summed E-state index contributed by atoms with van der Waals surface area (Å²) in [6.07, 6.45) is 1.78. The molecule has 1 amide bonds. The summed E-state index contributed by atoms with van der Waals surface area (Å²) in [5.41, 5.74) is 0.326. The van der Waals surface area contributed by atoms with Gasteiger partial charge >= 0.3 is 5.97 Å². The lowest BCUT2D eigenvalue weighted by atomic mass is 10.1. The SMILES string of the molecule is COc1ccccc1C(=O)N[C@@H](CSC)C(=O)O. The third kappa shape index (κ3) is 3.66. The maximum absolute atomic E-state index is 12.0. The van der Waals surface area contributed by atoms with Gasteiger partial charge in [0.05, 0.1) is 12.7 Å². The summed E-state index contributed by atoms with van der Waals surface area (Å²) < 4.78 is 5.06. The highest BCUT2D eigenvalue weighted by Crippen LogP contribution is 2.17. The number of ether oxygens (including phenoxy) is 1. The molecule has 6 heteroatoms. The Hall–Kier alpha value is -1.69. The van der Waals surface area contributed by atoms with Crippen LogP contribution in [0.25, 0.3) is 0 Å². The smallest absolute Gasteiger partial charge is 0.327 e. The van der Waals surface area contributed by atoms with Crippen LogP contribution in [0.2, 0.25) is 0 Å². The van der Waals surface area contributed by atoms with Crippen LogP contribution in [0.1, 0.15) is 10.4 Å². The van der Waals surface area contributed by atoms with E-state index in [1.807, 2.05) is 0 Å². The lowest BCUT2D eigenvalue weighted by Crippen LogP contribution is -2.42. The van der Waals surface area contributed by atoms with E-state index in [0.717, 1.165) is 0 Å². The van der Waals surface area contributed by atoms with Crippen LogP contribution in [-0.2, 0) is 4.79 Å². The number of carboxylic acid groups (broad SMARTS) is 1. The number of aliphatic carboxylic acids is 1. The van der Waals surface area contributed by atoms with Crippen molar-refractivity contribution in [3.63, 3.8) is 0 Å². The highest BCUT2D eigenvalue weighted by Gasteiger charge is 2.21. The number of para-hydroxylation sites is 1. The summed E-state index contributed by atoms with van der Waals surface area (Å²) in [5.74, 6) is -0.763. The fourth-order valence-corrected chi connectivity index (χ4v) is 1.97. The van der Waals surface area contributed by atoms with Crippen molar-refractivity contribution in [2.45, 2.75) is 6.04 Å². The molecule has 0 fully saturated rings. The molecule has 0 radical (unpaired) electrons. The summed E-state index contributed by atoms with van der Waals surface area (Å²) >= 11 is 1.36. The zero-order chi connectivity index (χ0) is 13.5. The molecule has 2 N–H and O–H groups in total. The molecule has 18 heavy (non-hydrogen) atoms. The number of nitrogens with one attached hydrogen (secondary N) is 1. The number of amides is 1. The quantitative estimate of drug-likeness (QED) is 0.812. The average Bonchev–Trinajstić information content (AvgIpc) is 2.37. The maximum atomic E-state index is 12.0. The minimum absolute atomic E-state index is 0.316. The lowest BCUT2D eigenvalue weighted by Gasteiger charge is -2.14. The van der Waals surface area contributed by atoms with Gasteiger partial charge in [-0.3, -0.25) is 4.79 Å². The first-order valence-corrected chi connectivity index (χ1v) is 6.65. The fourth-order valence-electron chi connectivity index (χ4n) is 1.41. The van der Waals surface area contributed by atoms with Gasteiger partial charge in [0.2, 0.25) is 0 Å². The Morgan fingerprint density at radius 3 is 2.67 bits per heavy atom. The topological polar surface area (TPSA) is 75.6 Å². The van der Waals surface area contributed by atoms with Crippen LogP contribution in [0.3, 0.4) is 0 Å². The first-order chi connectivity index (χ1) is 8.60. The summed E-state index contributed by atoms with van der Waals surface area (Å²) in [7, 11) is 1.46. The number of thioether (sulfide) groups is 1. The Bertz CT molecular complexity index is 436. The molecule has 0 saturated heterocycles. The van der Waals surface area contributed by atoms with Crippen molar-refractivity contribution in [1.82, 2.24) is 5.32 Å². The zero-order valence-electron chi connectivity index (χ0n) is 10.2. The second-order valence-corrected chi connectivity index (χ2v) is 4.43. The van der Waals surface area contributed by atoms with Crippen molar-refractivity contribution in [3.8, 4) is 5.75 Å². The predicted octanol–water partition coefficient (Wildman–Crippen LogP) is 1.24. The second kappa shape index (κ2) is 6.90. The fraction of sp³-hybridized carbons (Fsp3) is 0.333.